The molecule has 0 amide bonds. The molecule has 2 heteroatoms. The van der Waals surface area contributed by atoms with Gasteiger partial charge in [-0.1, -0.05) is 24.3 Å². The minimum absolute atomic E-state index is 0.0632. The maximum atomic E-state index is 12.4. The van der Waals surface area contributed by atoms with Gasteiger partial charge in [-0.2, -0.15) is 0 Å². The van der Waals surface area contributed by atoms with Crippen molar-refractivity contribution in [2.45, 2.75) is 13.8 Å². The van der Waals surface area contributed by atoms with E-state index < -0.39 is 0 Å². The van der Waals surface area contributed by atoms with Crippen molar-refractivity contribution in [1.82, 2.24) is 0 Å². The van der Waals surface area contributed by atoms with Gasteiger partial charge in [0.1, 0.15) is 5.75 Å². The van der Waals surface area contributed by atoms with Crippen LogP contribution in [0.15, 0.2) is 42.5 Å². The first kappa shape index (κ1) is 12.4. The van der Waals surface area contributed by atoms with Crippen molar-refractivity contribution < 1.29 is 9.53 Å². The maximum Gasteiger partial charge on any atom is 0.193 e. The van der Waals surface area contributed by atoms with Crippen LogP contribution in [0.25, 0.3) is 0 Å². The molecule has 0 saturated carbocycles. The summed E-state index contributed by atoms with van der Waals surface area (Å²) < 4.78 is 5.15. The van der Waals surface area contributed by atoms with E-state index in [1.165, 1.54) is 0 Å². The second-order valence-corrected chi connectivity index (χ2v) is 4.32. The number of hydrogen-bond donors (Lipinski definition) is 0. The third-order valence-electron chi connectivity index (χ3n) is 3.07. The van der Waals surface area contributed by atoms with Crippen molar-refractivity contribution in [3.05, 3.63) is 64.7 Å². The molecule has 0 aliphatic carbocycles. The van der Waals surface area contributed by atoms with Gasteiger partial charge < -0.3 is 4.74 Å². The predicted octanol–water partition coefficient (Wildman–Crippen LogP) is 3.54. The molecular formula is C16H16O2. The zero-order chi connectivity index (χ0) is 13.1. The Balaban J connectivity index is 2.44. The normalized spacial score (nSPS) is 10.2. The van der Waals surface area contributed by atoms with Crippen LogP contribution in [0.1, 0.15) is 27.0 Å². The molecule has 0 saturated heterocycles. The Morgan fingerprint density at radius 1 is 0.944 bits per heavy atom. The number of methoxy groups -OCH3 is 1. The predicted molar refractivity (Wildman–Crippen MR) is 72.3 cm³/mol. The first-order valence-corrected chi connectivity index (χ1v) is 5.88. The van der Waals surface area contributed by atoms with Gasteiger partial charge in [0, 0.05) is 11.1 Å². The van der Waals surface area contributed by atoms with E-state index in [4.69, 9.17) is 4.74 Å². The van der Waals surface area contributed by atoms with Crippen molar-refractivity contribution >= 4 is 5.78 Å². The summed E-state index contributed by atoms with van der Waals surface area (Å²) >= 11 is 0. The molecule has 2 aromatic rings. The largest absolute Gasteiger partial charge is 0.497 e. The Bertz CT molecular complexity index is 585. The lowest BCUT2D eigenvalue weighted by atomic mass is 9.96. The highest BCUT2D eigenvalue weighted by Gasteiger charge is 2.13. The van der Waals surface area contributed by atoms with E-state index in [1.54, 1.807) is 7.11 Å². The molecule has 0 aliphatic rings. The standard InChI is InChI=1S/C16H16O2/c1-11-6-4-5-7-14(11)16(17)15-9-8-13(18-3)10-12(15)2/h4-10H,1-3H3. The molecule has 0 radical (unpaired) electrons. The minimum Gasteiger partial charge on any atom is -0.497 e. The third-order valence-corrected chi connectivity index (χ3v) is 3.07. The summed E-state index contributed by atoms with van der Waals surface area (Å²) in [5.74, 6) is 0.835. The number of ketones is 1. The van der Waals surface area contributed by atoms with Crippen molar-refractivity contribution in [1.29, 1.82) is 0 Å². The molecule has 0 bridgehead atoms. The molecule has 2 rings (SSSR count). The number of carbonyl (C=O) groups excluding carboxylic acids is 1. The first-order valence-electron chi connectivity index (χ1n) is 5.88. The average Bonchev–Trinajstić information content (AvgIpc) is 2.38. The van der Waals surface area contributed by atoms with Gasteiger partial charge in [-0.25, -0.2) is 0 Å². The summed E-state index contributed by atoms with van der Waals surface area (Å²) in [6.45, 7) is 3.88. The van der Waals surface area contributed by atoms with Gasteiger partial charge in [0.15, 0.2) is 5.78 Å². The fourth-order valence-electron chi connectivity index (χ4n) is 1.99. The van der Waals surface area contributed by atoms with Gasteiger partial charge in [-0.15, -0.1) is 0 Å². The molecule has 0 fully saturated rings. The fourth-order valence-corrected chi connectivity index (χ4v) is 1.99. The number of carbonyl (C=O) groups is 1. The Morgan fingerprint density at radius 3 is 2.22 bits per heavy atom. The Kier molecular flexibility index (Phi) is 3.47. The topological polar surface area (TPSA) is 26.3 Å². The van der Waals surface area contributed by atoms with Crippen LogP contribution in [-0.4, -0.2) is 12.9 Å². The summed E-state index contributed by atoms with van der Waals surface area (Å²) in [7, 11) is 1.62. The maximum absolute atomic E-state index is 12.4. The Morgan fingerprint density at radius 2 is 1.61 bits per heavy atom. The molecule has 0 atom stereocenters. The smallest absolute Gasteiger partial charge is 0.193 e. The summed E-state index contributed by atoms with van der Waals surface area (Å²) in [4.78, 5) is 12.4. The molecule has 2 nitrogen and oxygen atoms in total. The lowest BCUT2D eigenvalue weighted by Gasteiger charge is -2.09. The molecule has 0 aliphatic heterocycles. The lowest BCUT2D eigenvalue weighted by Crippen LogP contribution is -2.05. The molecule has 18 heavy (non-hydrogen) atoms. The molecule has 0 N–H and O–H groups in total. The van der Waals surface area contributed by atoms with E-state index in [0.717, 1.165) is 28.0 Å². The minimum atomic E-state index is 0.0632. The molecule has 2 aromatic carbocycles. The second-order valence-electron chi connectivity index (χ2n) is 4.32. The Hall–Kier alpha value is -2.09. The monoisotopic (exact) mass is 240 g/mol. The third kappa shape index (κ3) is 2.28. The lowest BCUT2D eigenvalue weighted by molar-refractivity contribution is 0.103. The van der Waals surface area contributed by atoms with E-state index in [0.29, 0.717) is 0 Å². The first-order chi connectivity index (χ1) is 8.63. The van der Waals surface area contributed by atoms with E-state index in [9.17, 15) is 4.79 Å². The van der Waals surface area contributed by atoms with Gasteiger partial charge in [0.2, 0.25) is 0 Å². The van der Waals surface area contributed by atoms with Crippen LogP contribution in [-0.2, 0) is 0 Å². The Labute approximate surface area is 107 Å². The van der Waals surface area contributed by atoms with Crippen LogP contribution < -0.4 is 4.74 Å². The second kappa shape index (κ2) is 5.05. The fraction of sp³-hybridized carbons (Fsp3) is 0.188. The van der Waals surface area contributed by atoms with E-state index in [2.05, 4.69) is 0 Å². The summed E-state index contributed by atoms with van der Waals surface area (Å²) in [6, 6.07) is 13.2. The molecule has 0 unspecified atom stereocenters. The van der Waals surface area contributed by atoms with Gasteiger partial charge in [0.25, 0.3) is 0 Å². The summed E-state index contributed by atoms with van der Waals surface area (Å²) in [5.41, 5.74) is 3.41. The summed E-state index contributed by atoms with van der Waals surface area (Å²) in [6.07, 6.45) is 0. The van der Waals surface area contributed by atoms with E-state index in [1.807, 2.05) is 56.3 Å². The average molecular weight is 240 g/mol. The van der Waals surface area contributed by atoms with Crippen LogP contribution in [0.2, 0.25) is 0 Å². The van der Waals surface area contributed by atoms with Crippen LogP contribution >= 0.6 is 0 Å². The van der Waals surface area contributed by atoms with Crippen molar-refractivity contribution in [3.63, 3.8) is 0 Å². The quantitative estimate of drug-likeness (QED) is 0.767. The highest BCUT2D eigenvalue weighted by Crippen LogP contribution is 2.21. The van der Waals surface area contributed by atoms with Gasteiger partial charge in [-0.05, 0) is 43.2 Å². The van der Waals surface area contributed by atoms with Gasteiger partial charge in [0.05, 0.1) is 7.11 Å². The summed E-state index contributed by atoms with van der Waals surface area (Å²) in [5, 5.41) is 0. The van der Waals surface area contributed by atoms with E-state index in [-0.39, 0.29) is 5.78 Å². The highest BCUT2D eigenvalue weighted by molar-refractivity contribution is 6.10. The zero-order valence-corrected chi connectivity index (χ0v) is 10.9. The molecule has 92 valence electrons. The van der Waals surface area contributed by atoms with Gasteiger partial charge >= 0.3 is 0 Å². The number of aryl methyl sites for hydroxylation is 2. The number of rotatable bonds is 3. The van der Waals surface area contributed by atoms with Crippen molar-refractivity contribution in [2.75, 3.05) is 7.11 Å². The van der Waals surface area contributed by atoms with E-state index >= 15 is 0 Å². The SMILES string of the molecule is COc1ccc(C(=O)c2ccccc2C)c(C)c1. The van der Waals surface area contributed by atoms with Crippen molar-refractivity contribution in [2.24, 2.45) is 0 Å². The van der Waals surface area contributed by atoms with Gasteiger partial charge in [-0.3, -0.25) is 4.79 Å². The van der Waals surface area contributed by atoms with Crippen LogP contribution in [0.4, 0.5) is 0 Å². The molecule has 0 heterocycles. The molecule has 0 aromatic heterocycles. The molecule has 0 spiro atoms. The number of hydrogen-bond acceptors (Lipinski definition) is 2. The van der Waals surface area contributed by atoms with Crippen LogP contribution in [0.3, 0.4) is 0 Å². The van der Waals surface area contributed by atoms with Crippen LogP contribution in [0.5, 0.6) is 5.75 Å². The number of ether oxygens (including phenoxy) is 1. The highest BCUT2D eigenvalue weighted by atomic mass is 16.5. The molecular weight excluding hydrogens is 224 g/mol. The van der Waals surface area contributed by atoms with Crippen LogP contribution in [0, 0.1) is 13.8 Å². The number of benzene rings is 2. The van der Waals surface area contributed by atoms with Crippen molar-refractivity contribution in [3.8, 4) is 5.75 Å². The zero-order valence-electron chi connectivity index (χ0n) is 10.9.